The maximum absolute atomic E-state index is 13.2. The smallest absolute Gasteiger partial charge is 0.274 e. The molecule has 0 amide bonds. The average Bonchev–Trinajstić information content (AvgIpc) is 2.48. The van der Waals surface area contributed by atoms with Crippen LogP contribution in [-0.2, 0) is 6.54 Å². The van der Waals surface area contributed by atoms with E-state index in [0.29, 0.717) is 18.2 Å². The van der Waals surface area contributed by atoms with Crippen molar-refractivity contribution in [2.75, 3.05) is 19.6 Å². The molecule has 1 fully saturated rings. The first-order valence-electron chi connectivity index (χ1n) is 7.45. The van der Waals surface area contributed by atoms with Crippen LogP contribution in [0.25, 0.3) is 0 Å². The number of rotatable bonds is 6. The predicted octanol–water partition coefficient (Wildman–Crippen LogP) is 2.70. The van der Waals surface area contributed by atoms with Gasteiger partial charge in [0.25, 0.3) is 5.69 Å². The van der Waals surface area contributed by atoms with E-state index in [0.717, 1.165) is 25.7 Å². The Hall–Kier alpha value is -1.53. The number of nitro benzene ring substituents is 1. The molecule has 1 aliphatic rings. The summed E-state index contributed by atoms with van der Waals surface area (Å²) in [6.07, 6.45) is 3.77. The molecule has 1 atom stereocenters. The van der Waals surface area contributed by atoms with Gasteiger partial charge in [0.05, 0.1) is 4.92 Å². The summed E-state index contributed by atoms with van der Waals surface area (Å²) in [5, 5.41) is 14.1. The Morgan fingerprint density at radius 2 is 2.10 bits per heavy atom. The third-order valence-electron chi connectivity index (χ3n) is 4.01. The number of hydrogen-bond donors (Lipinski definition) is 1. The Morgan fingerprint density at radius 1 is 1.38 bits per heavy atom. The van der Waals surface area contributed by atoms with Crippen molar-refractivity contribution in [1.82, 2.24) is 10.2 Å². The molecule has 1 unspecified atom stereocenters. The number of piperidine rings is 1. The van der Waals surface area contributed by atoms with Crippen molar-refractivity contribution in [2.45, 2.75) is 38.8 Å². The van der Waals surface area contributed by atoms with Crippen LogP contribution in [0.15, 0.2) is 18.2 Å². The maximum atomic E-state index is 13.2. The van der Waals surface area contributed by atoms with Gasteiger partial charge < -0.3 is 5.32 Å². The lowest BCUT2D eigenvalue weighted by Crippen LogP contribution is -2.43. The standard InChI is InChI=1S/C15H22FN3O2/c1-12(18-7-3-2-4-8-18)10-17-11-13-9-14(16)5-6-15(13)19(20)21/h5-6,9,12,17H,2-4,7-8,10-11H2,1H3. The third-order valence-corrected chi connectivity index (χ3v) is 4.01. The van der Waals surface area contributed by atoms with Gasteiger partial charge in [-0.2, -0.15) is 0 Å². The minimum atomic E-state index is -0.468. The molecule has 1 saturated heterocycles. The summed E-state index contributed by atoms with van der Waals surface area (Å²) in [4.78, 5) is 12.9. The molecule has 1 aromatic rings. The van der Waals surface area contributed by atoms with E-state index < -0.39 is 10.7 Å². The molecule has 0 saturated carbocycles. The van der Waals surface area contributed by atoms with Crippen LogP contribution >= 0.6 is 0 Å². The van der Waals surface area contributed by atoms with Gasteiger partial charge in [0.15, 0.2) is 0 Å². The zero-order valence-electron chi connectivity index (χ0n) is 12.3. The number of likely N-dealkylation sites (tertiary alicyclic amines) is 1. The fraction of sp³-hybridized carbons (Fsp3) is 0.600. The number of benzene rings is 1. The van der Waals surface area contributed by atoms with Gasteiger partial charge in [0.2, 0.25) is 0 Å². The molecule has 2 rings (SSSR count). The molecule has 0 aliphatic carbocycles. The largest absolute Gasteiger partial charge is 0.311 e. The van der Waals surface area contributed by atoms with Gasteiger partial charge in [-0.05, 0) is 45.0 Å². The highest BCUT2D eigenvalue weighted by Crippen LogP contribution is 2.19. The Bertz CT molecular complexity index is 490. The summed E-state index contributed by atoms with van der Waals surface area (Å²) >= 11 is 0. The van der Waals surface area contributed by atoms with Crippen molar-refractivity contribution < 1.29 is 9.31 Å². The number of nitrogens with zero attached hydrogens (tertiary/aromatic N) is 2. The van der Waals surface area contributed by atoms with Gasteiger partial charge >= 0.3 is 0 Å². The molecule has 1 heterocycles. The molecule has 0 spiro atoms. The second kappa shape index (κ2) is 7.47. The summed E-state index contributed by atoms with van der Waals surface area (Å²) in [7, 11) is 0. The van der Waals surface area contributed by atoms with Crippen LogP contribution in [0.4, 0.5) is 10.1 Å². The van der Waals surface area contributed by atoms with Crippen LogP contribution in [-0.4, -0.2) is 35.5 Å². The SMILES string of the molecule is CC(CNCc1cc(F)ccc1[N+](=O)[O-])N1CCCCC1. The molecule has 5 nitrogen and oxygen atoms in total. The topological polar surface area (TPSA) is 58.4 Å². The minimum absolute atomic E-state index is 0.0328. The van der Waals surface area contributed by atoms with Crippen molar-refractivity contribution in [1.29, 1.82) is 0 Å². The van der Waals surface area contributed by atoms with E-state index in [1.54, 1.807) is 0 Å². The summed E-state index contributed by atoms with van der Waals surface area (Å²) in [6.45, 7) is 5.43. The van der Waals surface area contributed by atoms with Gasteiger partial charge in [-0.1, -0.05) is 6.42 Å². The Kier molecular flexibility index (Phi) is 5.64. The second-order valence-electron chi connectivity index (χ2n) is 5.61. The molecule has 21 heavy (non-hydrogen) atoms. The maximum Gasteiger partial charge on any atom is 0.274 e. The lowest BCUT2D eigenvalue weighted by molar-refractivity contribution is -0.385. The van der Waals surface area contributed by atoms with Crippen LogP contribution in [0.1, 0.15) is 31.7 Å². The number of nitro groups is 1. The molecule has 6 heteroatoms. The second-order valence-corrected chi connectivity index (χ2v) is 5.61. The molecule has 0 radical (unpaired) electrons. The van der Waals surface area contributed by atoms with Gasteiger partial charge in [0.1, 0.15) is 5.82 Å². The fourth-order valence-corrected chi connectivity index (χ4v) is 2.78. The molecule has 1 aliphatic heterocycles. The summed E-state index contributed by atoms with van der Waals surface area (Å²) in [5.74, 6) is -0.443. The highest BCUT2D eigenvalue weighted by molar-refractivity contribution is 5.40. The number of nitrogens with one attached hydrogen (secondary N) is 1. The van der Waals surface area contributed by atoms with Crippen LogP contribution in [0.3, 0.4) is 0 Å². The van der Waals surface area contributed by atoms with Crippen LogP contribution in [0.2, 0.25) is 0 Å². The van der Waals surface area contributed by atoms with Crippen LogP contribution < -0.4 is 5.32 Å². The van der Waals surface area contributed by atoms with E-state index in [4.69, 9.17) is 0 Å². The summed E-state index contributed by atoms with van der Waals surface area (Å²) in [6, 6.07) is 3.97. The summed E-state index contributed by atoms with van der Waals surface area (Å²) < 4.78 is 13.2. The number of halogens is 1. The van der Waals surface area contributed by atoms with Crippen molar-refractivity contribution in [3.8, 4) is 0 Å². The van der Waals surface area contributed by atoms with E-state index in [9.17, 15) is 14.5 Å². The van der Waals surface area contributed by atoms with Crippen LogP contribution in [0, 0.1) is 15.9 Å². The van der Waals surface area contributed by atoms with Gasteiger partial charge in [-0.25, -0.2) is 4.39 Å². The van der Waals surface area contributed by atoms with Gasteiger partial charge in [0, 0.05) is 30.8 Å². The van der Waals surface area contributed by atoms with Gasteiger partial charge in [-0.15, -0.1) is 0 Å². The molecule has 1 aromatic carbocycles. The molecular formula is C15H22FN3O2. The quantitative estimate of drug-likeness (QED) is 0.647. The van der Waals surface area contributed by atoms with Gasteiger partial charge in [-0.3, -0.25) is 15.0 Å². The van der Waals surface area contributed by atoms with Crippen molar-refractivity contribution in [3.05, 3.63) is 39.7 Å². The molecular weight excluding hydrogens is 273 g/mol. The minimum Gasteiger partial charge on any atom is -0.311 e. The molecule has 0 bridgehead atoms. The Labute approximate surface area is 124 Å². The molecule has 116 valence electrons. The average molecular weight is 295 g/mol. The monoisotopic (exact) mass is 295 g/mol. The highest BCUT2D eigenvalue weighted by Gasteiger charge is 2.17. The first kappa shape index (κ1) is 15.9. The van der Waals surface area contributed by atoms with Crippen molar-refractivity contribution >= 4 is 5.69 Å². The first-order chi connectivity index (χ1) is 10.1. The predicted molar refractivity (Wildman–Crippen MR) is 79.6 cm³/mol. The van der Waals surface area contributed by atoms with E-state index in [1.807, 2.05) is 0 Å². The Balaban J connectivity index is 1.88. The fourth-order valence-electron chi connectivity index (χ4n) is 2.78. The third kappa shape index (κ3) is 4.47. The van der Waals surface area contributed by atoms with Crippen molar-refractivity contribution in [3.63, 3.8) is 0 Å². The normalized spacial score (nSPS) is 17.6. The zero-order chi connectivity index (χ0) is 15.2. The zero-order valence-corrected chi connectivity index (χ0v) is 12.3. The lowest BCUT2D eigenvalue weighted by Gasteiger charge is -2.32. The first-order valence-corrected chi connectivity index (χ1v) is 7.45. The highest BCUT2D eigenvalue weighted by atomic mass is 19.1. The number of hydrogen-bond acceptors (Lipinski definition) is 4. The molecule has 1 N–H and O–H groups in total. The Morgan fingerprint density at radius 3 is 2.76 bits per heavy atom. The van der Waals surface area contributed by atoms with Crippen molar-refractivity contribution in [2.24, 2.45) is 0 Å². The van der Waals surface area contributed by atoms with E-state index in [-0.39, 0.29) is 5.69 Å². The molecule has 0 aromatic heterocycles. The summed E-state index contributed by atoms with van der Waals surface area (Å²) in [5.41, 5.74) is 0.361. The van der Waals surface area contributed by atoms with E-state index in [2.05, 4.69) is 17.1 Å². The van der Waals surface area contributed by atoms with E-state index in [1.165, 1.54) is 31.4 Å². The lowest BCUT2D eigenvalue weighted by atomic mass is 10.1. The van der Waals surface area contributed by atoms with E-state index >= 15 is 0 Å². The van der Waals surface area contributed by atoms with Crippen LogP contribution in [0.5, 0.6) is 0 Å².